The van der Waals surface area contributed by atoms with Crippen molar-refractivity contribution >= 4 is 11.9 Å². The second-order valence-corrected chi connectivity index (χ2v) is 8.53. The van der Waals surface area contributed by atoms with E-state index in [-0.39, 0.29) is 23.4 Å². The van der Waals surface area contributed by atoms with Gasteiger partial charge >= 0.3 is 5.97 Å². The van der Waals surface area contributed by atoms with Gasteiger partial charge in [-0.3, -0.25) is 4.79 Å². The number of aliphatic hydroxyl groups is 1. The molecule has 3 rings (SSSR count). The van der Waals surface area contributed by atoms with Gasteiger partial charge in [0.25, 0.3) is 0 Å². The third-order valence-corrected chi connectivity index (χ3v) is 5.96. The predicted octanol–water partition coefficient (Wildman–Crippen LogP) is 4.30. The van der Waals surface area contributed by atoms with Crippen molar-refractivity contribution in [3.63, 3.8) is 0 Å². The first kappa shape index (κ1) is 24.3. The normalized spacial score (nSPS) is 17.6. The number of hydrogen-bond acceptors (Lipinski definition) is 3. The van der Waals surface area contributed by atoms with Crippen LogP contribution >= 0.6 is 0 Å². The van der Waals surface area contributed by atoms with Crippen molar-refractivity contribution in [1.29, 1.82) is 0 Å². The van der Waals surface area contributed by atoms with E-state index < -0.39 is 12.1 Å². The van der Waals surface area contributed by atoms with Crippen LogP contribution in [-0.2, 0) is 11.2 Å². The zero-order chi connectivity index (χ0) is 23.6. The number of benzene rings is 2. The van der Waals surface area contributed by atoms with Crippen LogP contribution < -0.4 is 0 Å². The van der Waals surface area contributed by atoms with Gasteiger partial charge in [-0.1, -0.05) is 61.2 Å². The third kappa shape index (κ3) is 7.34. The molecule has 1 unspecified atom stereocenters. The van der Waals surface area contributed by atoms with Crippen molar-refractivity contribution in [2.45, 2.75) is 51.2 Å². The summed E-state index contributed by atoms with van der Waals surface area (Å²) in [4.78, 5) is 25.4. The van der Waals surface area contributed by atoms with Crippen molar-refractivity contribution in [2.75, 3.05) is 6.54 Å². The van der Waals surface area contributed by atoms with Crippen LogP contribution in [0.5, 0.6) is 0 Å². The van der Waals surface area contributed by atoms with Crippen molar-refractivity contribution in [2.24, 2.45) is 5.92 Å². The molecule has 5 heteroatoms. The maximum atomic E-state index is 12.4. The first-order valence-corrected chi connectivity index (χ1v) is 11.5. The van der Waals surface area contributed by atoms with Crippen LogP contribution in [0.2, 0.25) is 0 Å². The molecule has 0 saturated carbocycles. The predicted molar refractivity (Wildman–Crippen MR) is 129 cm³/mol. The zero-order valence-corrected chi connectivity index (χ0v) is 19.0. The molecule has 0 aromatic heterocycles. The monoisotopic (exact) mass is 445 g/mol. The minimum atomic E-state index is -0.935. The number of likely N-dealkylation sites (tertiary alicyclic amines) is 1. The van der Waals surface area contributed by atoms with E-state index >= 15 is 0 Å². The Morgan fingerprint density at radius 1 is 1.21 bits per heavy atom. The van der Waals surface area contributed by atoms with E-state index in [2.05, 4.69) is 11.8 Å². The first-order chi connectivity index (χ1) is 15.9. The fraction of sp³-hybridized carbons (Fsp3) is 0.357. The smallest absolute Gasteiger partial charge is 0.335 e. The van der Waals surface area contributed by atoms with Gasteiger partial charge in [0.2, 0.25) is 5.91 Å². The molecular formula is C28H31NO4. The quantitative estimate of drug-likeness (QED) is 0.446. The lowest BCUT2D eigenvalue weighted by Gasteiger charge is -2.23. The third-order valence-electron chi connectivity index (χ3n) is 5.96. The molecular weight excluding hydrogens is 414 g/mol. The van der Waals surface area contributed by atoms with Gasteiger partial charge in [0.1, 0.15) is 0 Å². The summed E-state index contributed by atoms with van der Waals surface area (Å²) < 4.78 is 0. The molecule has 3 atom stereocenters. The fourth-order valence-corrected chi connectivity index (χ4v) is 3.95. The number of aryl methyl sites for hydroxylation is 1. The standard InChI is InChI=1S/C28H31NO4/c1-21(8-5-11-22-9-3-2-4-10-22)26(30)17-15-25-16-18-27(31)29(25)19-7-13-23-12-6-14-24(20-23)28(32)33/h2-4,6,9-10,12,14-15,17,20-21,25-26,30H,7-8,13,16,18-19H2,1H3,(H,32,33)/t21-,25?,26+/m0/s1. The number of carboxylic acid groups (broad SMARTS) is 1. The van der Waals surface area contributed by atoms with Gasteiger partial charge in [0.05, 0.1) is 17.7 Å². The molecule has 1 heterocycles. The molecule has 2 aromatic carbocycles. The SMILES string of the molecule is C[C@@H](CC#Cc1ccccc1)[C@H](O)C=CC1CCC(=O)N1CCCc1cccc(C(=O)O)c1. The molecule has 0 aliphatic carbocycles. The number of carbonyl (C=O) groups is 2. The second kappa shape index (κ2) is 12.0. The van der Waals surface area contributed by atoms with E-state index in [1.807, 2.05) is 54.3 Å². The Hall–Kier alpha value is -3.36. The molecule has 0 spiro atoms. The Kier molecular flexibility index (Phi) is 8.86. The van der Waals surface area contributed by atoms with Crippen LogP contribution in [0, 0.1) is 17.8 Å². The molecule has 1 aliphatic rings. The molecule has 2 aromatic rings. The maximum absolute atomic E-state index is 12.4. The highest BCUT2D eigenvalue weighted by Crippen LogP contribution is 2.22. The van der Waals surface area contributed by atoms with Crippen LogP contribution in [-0.4, -0.2) is 45.7 Å². The Balaban J connectivity index is 1.49. The van der Waals surface area contributed by atoms with Gasteiger partial charge in [-0.05, 0) is 55.0 Å². The summed E-state index contributed by atoms with van der Waals surface area (Å²) in [6, 6.07) is 16.7. The average molecular weight is 446 g/mol. The van der Waals surface area contributed by atoms with E-state index in [1.54, 1.807) is 24.3 Å². The summed E-state index contributed by atoms with van der Waals surface area (Å²) in [7, 11) is 0. The number of hydrogen-bond donors (Lipinski definition) is 2. The van der Waals surface area contributed by atoms with E-state index in [9.17, 15) is 14.7 Å². The Morgan fingerprint density at radius 3 is 2.76 bits per heavy atom. The van der Waals surface area contributed by atoms with Crippen LogP contribution in [0.4, 0.5) is 0 Å². The van der Waals surface area contributed by atoms with E-state index in [1.165, 1.54) is 0 Å². The topological polar surface area (TPSA) is 77.8 Å². The lowest BCUT2D eigenvalue weighted by molar-refractivity contribution is -0.128. The van der Waals surface area contributed by atoms with Gasteiger partial charge in [-0.15, -0.1) is 0 Å². The van der Waals surface area contributed by atoms with Crippen molar-refractivity contribution in [1.82, 2.24) is 4.90 Å². The number of aromatic carboxylic acids is 1. The lowest BCUT2D eigenvalue weighted by Crippen LogP contribution is -2.33. The van der Waals surface area contributed by atoms with Gasteiger partial charge in [0.15, 0.2) is 0 Å². The highest BCUT2D eigenvalue weighted by atomic mass is 16.4. The van der Waals surface area contributed by atoms with Crippen molar-refractivity contribution in [3.8, 4) is 11.8 Å². The summed E-state index contributed by atoms with van der Waals surface area (Å²) in [6.07, 6.45) is 6.43. The van der Waals surface area contributed by atoms with Crippen LogP contribution in [0.25, 0.3) is 0 Å². The number of aliphatic hydroxyl groups excluding tert-OH is 1. The van der Waals surface area contributed by atoms with Gasteiger partial charge in [-0.25, -0.2) is 4.79 Å². The summed E-state index contributed by atoms with van der Waals surface area (Å²) >= 11 is 0. The van der Waals surface area contributed by atoms with E-state index in [0.29, 0.717) is 25.8 Å². The fourth-order valence-electron chi connectivity index (χ4n) is 3.95. The molecule has 1 fully saturated rings. The Bertz CT molecular complexity index is 1030. The largest absolute Gasteiger partial charge is 0.478 e. The van der Waals surface area contributed by atoms with E-state index in [0.717, 1.165) is 24.0 Å². The molecule has 2 N–H and O–H groups in total. The maximum Gasteiger partial charge on any atom is 0.335 e. The van der Waals surface area contributed by atoms with Crippen LogP contribution in [0.3, 0.4) is 0 Å². The molecule has 1 aliphatic heterocycles. The Morgan fingerprint density at radius 2 is 2.00 bits per heavy atom. The molecule has 0 radical (unpaired) electrons. The second-order valence-electron chi connectivity index (χ2n) is 8.53. The molecule has 33 heavy (non-hydrogen) atoms. The molecule has 1 saturated heterocycles. The number of carbonyl (C=O) groups excluding carboxylic acids is 1. The van der Waals surface area contributed by atoms with Gasteiger partial charge in [-0.2, -0.15) is 0 Å². The van der Waals surface area contributed by atoms with Gasteiger partial charge in [0, 0.05) is 24.9 Å². The minimum Gasteiger partial charge on any atom is -0.478 e. The summed E-state index contributed by atoms with van der Waals surface area (Å²) in [6.45, 7) is 2.58. The average Bonchev–Trinajstić information content (AvgIpc) is 3.17. The van der Waals surface area contributed by atoms with E-state index in [4.69, 9.17) is 5.11 Å². The number of nitrogens with zero attached hydrogens (tertiary/aromatic N) is 1. The van der Waals surface area contributed by atoms with Crippen molar-refractivity contribution < 1.29 is 19.8 Å². The zero-order valence-electron chi connectivity index (χ0n) is 19.0. The summed E-state index contributed by atoms with van der Waals surface area (Å²) in [5.41, 5.74) is 2.20. The summed E-state index contributed by atoms with van der Waals surface area (Å²) in [5.74, 6) is 5.43. The Labute approximate surface area is 195 Å². The number of amides is 1. The van der Waals surface area contributed by atoms with Gasteiger partial charge < -0.3 is 15.1 Å². The van der Waals surface area contributed by atoms with Crippen LogP contribution in [0.15, 0.2) is 66.7 Å². The molecule has 5 nitrogen and oxygen atoms in total. The minimum absolute atomic E-state index is 0.00970. The highest BCUT2D eigenvalue weighted by Gasteiger charge is 2.28. The lowest BCUT2D eigenvalue weighted by atomic mass is 9.99. The number of rotatable bonds is 9. The van der Waals surface area contributed by atoms with Crippen molar-refractivity contribution in [3.05, 3.63) is 83.4 Å². The van der Waals surface area contributed by atoms with Crippen LogP contribution in [0.1, 0.15) is 54.1 Å². The first-order valence-electron chi connectivity index (χ1n) is 11.5. The molecule has 1 amide bonds. The summed E-state index contributed by atoms with van der Waals surface area (Å²) in [5, 5.41) is 19.6. The molecule has 172 valence electrons. The molecule has 0 bridgehead atoms. The number of carboxylic acids is 1. The highest BCUT2D eigenvalue weighted by molar-refractivity contribution is 5.87.